The van der Waals surface area contributed by atoms with Gasteiger partial charge >= 0.3 is 12.5 Å². The van der Waals surface area contributed by atoms with Crippen LogP contribution in [-0.4, -0.2) is 43.3 Å². The Kier molecular flexibility index (Phi) is 5.79. The molecule has 0 N–H and O–H groups in total. The fraction of sp³-hybridized carbons (Fsp3) is 0.348. The summed E-state index contributed by atoms with van der Waals surface area (Å²) in [5.41, 5.74) is 0.767. The zero-order chi connectivity index (χ0) is 24.9. The molecule has 1 aliphatic heterocycles. The quantitative estimate of drug-likeness (QED) is 0.477. The van der Waals surface area contributed by atoms with Crippen LogP contribution in [-0.2, 0) is 14.8 Å². The van der Waals surface area contributed by atoms with E-state index >= 15 is 0 Å². The maximum atomic E-state index is 13.1. The first-order valence-corrected chi connectivity index (χ1v) is 12.1. The molecule has 11 heteroatoms. The van der Waals surface area contributed by atoms with Gasteiger partial charge in [-0.05, 0) is 63.1 Å². The van der Waals surface area contributed by atoms with E-state index in [4.69, 9.17) is 4.74 Å². The number of aromatic nitrogens is 1. The number of carbonyl (C=O) groups is 1. The van der Waals surface area contributed by atoms with E-state index in [1.54, 1.807) is 51.1 Å². The lowest BCUT2D eigenvalue weighted by molar-refractivity contribution is -0.274. The lowest BCUT2D eigenvalue weighted by Crippen LogP contribution is -2.27. The van der Waals surface area contributed by atoms with Gasteiger partial charge in [0.05, 0.1) is 22.7 Å². The molecular weight excluding hydrogens is 473 g/mol. The molecule has 0 bridgehead atoms. The number of nitrogens with zero attached hydrogens (tertiary/aromatic N) is 2. The summed E-state index contributed by atoms with van der Waals surface area (Å²) in [6, 6.07) is 11.9. The van der Waals surface area contributed by atoms with Crippen LogP contribution in [0.5, 0.6) is 5.75 Å². The van der Waals surface area contributed by atoms with Crippen molar-refractivity contribution in [2.24, 2.45) is 0 Å². The molecule has 0 amide bonds. The van der Waals surface area contributed by atoms with Crippen LogP contribution < -0.4 is 9.04 Å². The molecule has 1 aliphatic rings. The van der Waals surface area contributed by atoms with Crippen molar-refractivity contribution in [3.63, 3.8) is 0 Å². The molecule has 4 rings (SSSR count). The van der Waals surface area contributed by atoms with Gasteiger partial charge in [0, 0.05) is 18.0 Å². The number of ether oxygens (including phenoxy) is 2. The second kappa shape index (κ2) is 8.23. The van der Waals surface area contributed by atoms with Crippen molar-refractivity contribution in [3.8, 4) is 17.0 Å². The third-order valence-corrected chi connectivity index (χ3v) is 7.01. The SMILES string of the molecule is CC(C)(C)OC(=O)n1c(-c2ccc(N3CCCS3(=O)=O)cc2)cc2ccc(OC(F)(F)F)cc21. The molecule has 1 fully saturated rings. The van der Waals surface area contributed by atoms with E-state index in [0.717, 1.165) is 6.07 Å². The van der Waals surface area contributed by atoms with Crippen LogP contribution in [0.25, 0.3) is 22.2 Å². The van der Waals surface area contributed by atoms with Crippen molar-refractivity contribution in [1.82, 2.24) is 4.57 Å². The van der Waals surface area contributed by atoms with Gasteiger partial charge in [-0.25, -0.2) is 17.8 Å². The number of fused-ring (bicyclic) bond motifs is 1. The standard InChI is InChI=1S/C23H23F3N2O5S/c1-22(2,3)33-21(29)28-19(13-16-7-10-18(14-20(16)28)32-23(24,25)26)15-5-8-17(9-6-15)27-11-4-12-34(27,30)31/h5-10,13-14H,4,11-12H2,1-3H3. The number of hydrogen-bond donors (Lipinski definition) is 0. The molecule has 0 unspecified atom stereocenters. The van der Waals surface area contributed by atoms with E-state index in [1.165, 1.54) is 21.0 Å². The van der Waals surface area contributed by atoms with Crippen LogP contribution in [0.4, 0.5) is 23.7 Å². The fourth-order valence-corrected chi connectivity index (χ4v) is 5.39. The zero-order valence-corrected chi connectivity index (χ0v) is 19.5. The second-order valence-electron chi connectivity index (χ2n) is 8.90. The number of hydrogen-bond acceptors (Lipinski definition) is 5. The summed E-state index contributed by atoms with van der Waals surface area (Å²) >= 11 is 0. The van der Waals surface area contributed by atoms with Gasteiger partial charge in [0.25, 0.3) is 0 Å². The molecule has 2 aromatic carbocycles. The fourth-order valence-electron chi connectivity index (χ4n) is 3.82. The maximum Gasteiger partial charge on any atom is 0.573 e. The zero-order valence-electron chi connectivity index (χ0n) is 18.7. The molecule has 1 saturated heterocycles. The van der Waals surface area contributed by atoms with Crippen LogP contribution in [0.3, 0.4) is 0 Å². The minimum absolute atomic E-state index is 0.0873. The molecule has 182 valence electrons. The monoisotopic (exact) mass is 496 g/mol. The highest BCUT2D eigenvalue weighted by Crippen LogP contribution is 2.34. The molecule has 0 saturated carbocycles. The normalized spacial score (nSPS) is 16.1. The van der Waals surface area contributed by atoms with Crippen molar-refractivity contribution in [2.75, 3.05) is 16.6 Å². The molecule has 0 aliphatic carbocycles. The van der Waals surface area contributed by atoms with E-state index in [9.17, 15) is 26.4 Å². The molecule has 2 heterocycles. The first-order valence-electron chi connectivity index (χ1n) is 10.5. The summed E-state index contributed by atoms with van der Waals surface area (Å²) in [5.74, 6) is -0.381. The van der Waals surface area contributed by atoms with Crippen molar-refractivity contribution in [2.45, 2.75) is 39.2 Å². The van der Waals surface area contributed by atoms with E-state index in [2.05, 4.69) is 4.74 Å². The lowest BCUT2D eigenvalue weighted by atomic mass is 10.1. The van der Waals surface area contributed by atoms with Gasteiger partial charge in [0.1, 0.15) is 11.4 Å². The molecular formula is C23H23F3N2O5S. The van der Waals surface area contributed by atoms with Crippen molar-refractivity contribution >= 4 is 32.7 Å². The summed E-state index contributed by atoms with van der Waals surface area (Å²) in [6.45, 7) is 5.43. The molecule has 0 spiro atoms. The van der Waals surface area contributed by atoms with Crippen LogP contribution in [0, 0.1) is 0 Å². The van der Waals surface area contributed by atoms with Gasteiger partial charge in [0.2, 0.25) is 10.0 Å². The number of alkyl halides is 3. The first kappa shape index (κ1) is 23.9. The van der Waals surface area contributed by atoms with Gasteiger partial charge in [-0.3, -0.25) is 4.31 Å². The average molecular weight is 497 g/mol. The van der Waals surface area contributed by atoms with Gasteiger partial charge in [-0.2, -0.15) is 0 Å². The Hall–Kier alpha value is -3.21. The molecule has 0 atom stereocenters. The van der Waals surface area contributed by atoms with Crippen LogP contribution >= 0.6 is 0 Å². The van der Waals surface area contributed by atoms with Crippen LogP contribution in [0.2, 0.25) is 0 Å². The highest BCUT2D eigenvalue weighted by Gasteiger charge is 2.32. The Morgan fingerprint density at radius 1 is 1.00 bits per heavy atom. The number of sulfonamides is 1. The van der Waals surface area contributed by atoms with E-state index < -0.39 is 33.8 Å². The number of anilines is 1. The molecule has 1 aromatic heterocycles. The Balaban J connectivity index is 1.81. The Morgan fingerprint density at radius 2 is 1.68 bits per heavy atom. The highest BCUT2D eigenvalue weighted by molar-refractivity contribution is 7.93. The first-order chi connectivity index (χ1) is 15.7. The summed E-state index contributed by atoms with van der Waals surface area (Å²) in [6.07, 6.45) is -5.11. The van der Waals surface area contributed by atoms with Gasteiger partial charge in [0.15, 0.2) is 0 Å². The maximum absolute atomic E-state index is 13.1. The van der Waals surface area contributed by atoms with Crippen molar-refractivity contribution in [1.29, 1.82) is 0 Å². The third-order valence-electron chi connectivity index (χ3n) is 5.14. The van der Waals surface area contributed by atoms with Gasteiger partial charge in [-0.1, -0.05) is 12.1 Å². The number of carbonyl (C=O) groups excluding carboxylic acids is 1. The molecule has 7 nitrogen and oxygen atoms in total. The largest absolute Gasteiger partial charge is 0.573 e. The Morgan fingerprint density at radius 3 is 2.24 bits per heavy atom. The smallest absolute Gasteiger partial charge is 0.443 e. The highest BCUT2D eigenvalue weighted by atomic mass is 32.2. The summed E-state index contributed by atoms with van der Waals surface area (Å²) in [7, 11) is -3.35. The van der Waals surface area contributed by atoms with Gasteiger partial charge < -0.3 is 9.47 Å². The van der Waals surface area contributed by atoms with E-state index in [0.29, 0.717) is 35.3 Å². The summed E-state index contributed by atoms with van der Waals surface area (Å²) in [5, 5.41) is 0.501. The minimum atomic E-state index is -4.88. The predicted molar refractivity (Wildman–Crippen MR) is 121 cm³/mol. The third kappa shape index (κ3) is 4.98. The van der Waals surface area contributed by atoms with Gasteiger partial charge in [-0.15, -0.1) is 13.2 Å². The summed E-state index contributed by atoms with van der Waals surface area (Å²) in [4.78, 5) is 13.1. The Bertz CT molecular complexity index is 1340. The lowest BCUT2D eigenvalue weighted by Gasteiger charge is -2.21. The molecule has 3 aromatic rings. The van der Waals surface area contributed by atoms with Crippen LogP contribution in [0.15, 0.2) is 48.5 Å². The minimum Gasteiger partial charge on any atom is -0.443 e. The Labute approximate surface area is 194 Å². The number of halogens is 3. The second-order valence-corrected chi connectivity index (χ2v) is 10.9. The average Bonchev–Trinajstić information content (AvgIpc) is 3.25. The summed E-state index contributed by atoms with van der Waals surface area (Å²) < 4.78 is 74.7. The van der Waals surface area contributed by atoms with Crippen molar-refractivity contribution < 1.29 is 35.9 Å². The van der Waals surface area contributed by atoms with E-state index in [1.807, 2.05) is 0 Å². The topological polar surface area (TPSA) is 77.8 Å². The molecule has 0 radical (unpaired) electrons. The van der Waals surface area contributed by atoms with E-state index in [-0.39, 0.29) is 11.3 Å². The van der Waals surface area contributed by atoms with Crippen molar-refractivity contribution in [3.05, 3.63) is 48.5 Å². The number of benzene rings is 2. The molecule has 34 heavy (non-hydrogen) atoms. The van der Waals surface area contributed by atoms with Crippen LogP contribution in [0.1, 0.15) is 27.2 Å². The number of rotatable bonds is 3. The predicted octanol–water partition coefficient (Wildman–Crippen LogP) is 5.53.